The summed E-state index contributed by atoms with van der Waals surface area (Å²) in [6, 6.07) is 0. The van der Waals surface area contributed by atoms with Crippen molar-refractivity contribution in [1.82, 2.24) is 0 Å². The lowest BCUT2D eigenvalue weighted by Gasteiger charge is -2.28. The normalized spacial score (nSPS) is 14.9. The fourth-order valence-electron chi connectivity index (χ4n) is 3.09. The highest BCUT2D eigenvalue weighted by Crippen LogP contribution is 2.35. The van der Waals surface area contributed by atoms with Crippen LogP contribution in [0.4, 0.5) is 0 Å². The summed E-state index contributed by atoms with van der Waals surface area (Å²) in [7, 11) is 0. The Morgan fingerprint density at radius 2 is 0.885 bits per heavy atom. The van der Waals surface area contributed by atoms with Gasteiger partial charge in [-0.1, -0.05) is 111 Å². The Labute approximate surface area is 186 Å². The summed E-state index contributed by atoms with van der Waals surface area (Å²) in [4.78, 5) is 22.0. The van der Waals surface area contributed by atoms with Crippen LogP contribution in [0.2, 0.25) is 0 Å². The van der Waals surface area contributed by atoms with Crippen LogP contribution in [0.1, 0.15) is 91.9 Å². The van der Waals surface area contributed by atoms with Crippen molar-refractivity contribution in [2.75, 3.05) is 0 Å². The standard InChI is InChI=1S/C20H34Br2Cl2O2/c1-19(2,15(21)17(23)25)13-11-9-7-5-6-8-10-12-14-20(3,4)16(22)18(24)26/h15-16H,5-14H2,1-4H3. The van der Waals surface area contributed by atoms with Gasteiger partial charge in [-0.25, -0.2) is 0 Å². The van der Waals surface area contributed by atoms with E-state index in [9.17, 15) is 9.59 Å². The van der Waals surface area contributed by atoms with E-state index in [1.54, 1.807) is 0 Å². The molecule has 0 rings (SSSR count). The summed E-state index contributed by atoms with van der Waals surface area (Å²) in [6.45, 7) is 8.35. The summed E-state index contributed by atoms with van der Waals surface area (Å²) in [5.41, 5.74) is -0.188. The van der Waals surface area contributed by atoms with Crippen molar-refractivity contribution in [2.45, 2.75) is 102 Å². The van der Waals surface area contributed by atoms with E-state index in [2.05, 4.69) is 59.6 Å². The summed E-state index contributed by atoms with van der Waals surface area (Å²) in [5.74, 6) is 0. The van der Waals surface area contributed by atoms with Crippen molar-refractivity contribution in [3.8, 4) is 0 Å². The minimum atomic E-state index is -0.306. The van der Waals surface area contributed by atoms with E-state index in [4.69, 9.17) is 23.2 Å². The fourth-order valence-corrected chi connectivity index (χ4v) is 4.14. The number of carbonyl (C=O) groups excluding carboxylic acids is 2. The van der Waals surface area contributed by atoms with E-state index in [1.165, 1.54) is 38.5 Å². The van der Waals surface area contributed by atoms with E-state index in [0.717, 1.165) is 25.7 Å². The van der Waals surface area contributed by atoms with Gasteiger partial charge in [0.15, 0.2) is 0 Å². The van der Waals surface area contributed by atoms with E-state index < -0.39 is 0 Å². The van der Waals surface area contributed by atoms with E-state index in [0.29, 0.717) is 0 Å². The van der Waals surface area contributed by atoms with Gasteiger partial charge in [0.1, 0.15) is 0 Å². The molecular formula is C20H34Br2Cl2O2. The van der Waals surface area contributed by atoms with Gasteiger partial charge in [-0.2, -0.15) is 0 Å². The lowest BCUT2D eigenvalue weighted by Crippen LogP contribution is -2.29. The summed E-state index contributed by atoms with van der Waals surface area (Å²) >= 11 is 18.0. The van der Waals surface area contributed by atoms with Gasteiger partial charge < -0.3 is 0 Å². The zero-order valence-corrected chi connectivity index (χ0v) is 21.2. The third kappa shape index (κ3) is 11.0. The van der Waals surface area contributed by atoms with Crippen LogP contribution in [-0.4, -0.2) is 20.1 Å². The molecule has 0 heterocycles. The molecule has 0 radical (unpaired) electrons. The first kappa shape index (κ1) is 26.9. The van der Waals surface area contributed by atoms with Crippen molar-refractivity contribution < 1.29 is 9.59 Å². The molecule has 0 aromatic heterocycles. The molecule has 2 nitrogen and oxygen atoms in total. The summed E-state index contributed by atoms with van der Waals surface area (Å²) < 4.78 is 0. The highest BCUT2D eigenvalue weighted by molar-refractivity contribution is 9.10. The van der Waals surface area contributed by atoms with Gasteiger partial charge in [-0.05, 0) is 46.9 Å². The average Bonchev–Trinajstić information content (AvgIpc) is 2.54. The van der Waals surface area contributed by atoms with E-state index in [1.807, 2.05) is 0 Å². The van der Waals surface area contributed by atoms with Crippen molar-refractivity contribution in [2.24, 2.45) is 10.8 Å². The Balaban J connectivity index is 3.69. The van der Waals surface area contributed by atoms with Gasteiger partial charge in [0.25, 0.3) is 0 Å². The first-order chi connectivity index (χ1) is 11.9. The Morgan fingerprint density at radius 1 is 0.654 bits per heavy atom. The molecule has 0 fully saturated rings. The van der Waals surface area contributed by atoms with E-state index in [-0.39, 0.29) is 31.0 Å². The molecule has 0 saturated heterocycles. The molecule has 0 aliphatic heterocycles. The van der Waals surface area contributed by atoms with Crippen LogP contribution in [0.25, 0.3) is 0 Å². The quantitative estimate of drug-likeness (QED) is 0.121. The SMILES string of the molecule is CC(C)(CCCCCCCCCCC(C)(C)C(Br)C(=O)Cl)C(Br)C(=O)Cl. The number of rotatable bonds is 15. The predicted octanol–water partition coefficient (Wildman–Crippen LogP) is 8.00. The largest absolute Gasteiger partial charge is 0.280 e. The maximum atomic E-state index is 11.3. The van der Waals surface area contributed by atoms with Crippen molar-refractivity contribution >= 4 is 65.5 Å². The predicted molar refractivity (Wildman–Crippen MR) is 121 cm³/mol. The van der Waals surface area contributed by atoms with Crippen molar-refractivity contribution in [1.29, 1.82) is 0 Å². The minimum Gasteiger partial charge on any atom is -0.280 e. The third-order valence-corrected chi connectivity index (χ3v) is 9.44. The summed E-state index contributed by atoms with van der Waals surface area (Å²) in [6.07, 6.45) is 11.7. The minimum absolute atomic E-state index is 0.0939. The molecule has 0 saturated carbocycles. The molecule has 0 bridgehead atoms. The first-order valence-corrected chi connectivity index (χ1v) is 12.2. The van der Waals surface area contributed by atoms with Gasteiger partial charge in [0.05, 0.1) is 9.65 Å². The molecule has 0 aliphatic carbocycles. The highest BCUT2D eigenvalue weighted by atomic mass is 79.9. The Morgan fingerprint density at radius 3 is 1.12 bits per heavy atom. The van der Waals surface area contributed by atoms with Crippen LogP contribution in [0.5, 0.6) is 0 Å². The van der Waals surface area contributed by atoms with Crippen LogP contribution in [0.3, 0.4) is 0 Å². The Bertz CT molecular complexity index is 400. The molecule has 0 aromatic rings. The van der Waals surface area contributed by atoms with E-state index >= 15 is 0 Å². The molecule has 0 N–H and O–H groups in total. The monoisotopic (exact) mass is 534 g/mol. The molecule has 0 aliphatic rings. The van der Waals surface area contributed by atoms with Crippen LogP contribution in [-0.2, 0) is 9.59 Å². The smallest absolute Gasteiger partial charge is 0.235 e. The van der Waals surface area contributed by atoms with Gasteiger partial charge in [0, 0.05) is 0 Å². The zero-order valence-electron chi connectivity index (χ0n) is 16.6. The number of carbonyl (C=O) groups is 2. The summed E-state index contributed by atoms with van der Waals surface area (Å²) in [5, 5.41) is -0.611. The Kier molecular flexibility index (Phi) is 13.6. The second-order valence-corrected chi connectivity index (χ2v) is 11.2. The fraction of sp³-hybridized carbons (Fsp3) is 0.900. The van der Waals surface area contributed by atoms with Crippen molar-refractivity contribution in [3.63, 3.8) is 0 Å². The van der Waals surface area contributed by atoms with Gasteiger partial charge in [0.2, 0.25) is 10.5 Å². The molecule has 2 unspecified atom stereocenters. The lowest BCUT2D eigenvalue weighted by atomic mass is 9.83. The second-order valence-electron chi connectivity index (χ2n) is 8.64. The van der Waals surface area contributed by atoms with Crippen molar-refractivity contribution in [3.05, 3.63) is 0 Å². The van der Waals surface area contributed by atoms with Crippen LogP contribution >= 0.6 is 55.1 Å². The number of halogens is 4. The topological polar surface area (TPSA) is 34.1 Å². The van der Waals surface area contributed by atoms with Gasteiger partial charge >= 0.3 is 0 Å². The maximum Gasteiger partial charge on any atom is 0.235 e. The van der Waals surface area contributed by atoms with Crippen LogP contribution in [0, 0.1) is 10.8 Å². The first-order valence-electron chi connectivity index (χ1n) is 9.58. The molecule has 2 atom stereocenters. The number of unbranched alkanes of at least 4 members (excludes halogenated alkanes) is 7. The highest BCUT2D eigenvalue weighted by Gasteiger charge is 2.32. The molecule has 0 aromatic carbocycles. The number of hydrogen-bond donors (Lipinski definition) is 0. The Hall–Kier alpha value is 0.880. The maximum absolute atomic E-state index is 11.3. The van der Waals surface area contributed by atoms with Gasteiger partial charge in [-0.3, -0.25) is 9.59 Å². The number of alkyl halides is 2. The lowest BCUT2D eigenvalue weighted by molar-refractivity contribution is -0.113. The second kappa shape index (κ2) is 13.2. The molecule has 0 spiro atoms. The molecule has 154 valence electrons. The molecule has 6 heteroatoms. The zero-order chi connectivity index (χ0) is 20.4. The molecule has 26 heavy (non-hydrogen) atoms. The van der Waals surface area contributed by atoms with Crippen LogP contribution < -0.4 is 0 Å². The number of hydrogen-bond acceptors (Lipinski definition) is 2. The van der Waals surface area contributed by atoms with Gasteiger partial charge in [-0.15, -0.1) is 0 Å². The molecular weight excluding hydrogens is 503 g/mol. The van der Waals surface area contributed by atoms with Crippen LogP contribution in [0.15, 0.2) is 0 Å². The average molecular weight is 537 g/mol. The third-order valence-electron chi connectivity index (χ3n) is 5.16. The molecule has 0 amide bonds.